The molecule has 0 spiro atoms. The molecule has 0 saturated carbocycles. The topological polar surface area (TPSA) is 138 Å². The zero-order valence-electron chi connectivity index (χ0n) is 18.4. The van der Waals surface area contributed by atoms with Crippen LogP contribution in [0.4, 0.5) is 37.8 Å². The first-order valence-electron chi connectivity index (χ1n) is 10.2. The van der Waals surface area contributed by atoms with Crippen molar-refractivity contribution in [3.8, 4) is 0 Å². The van der Waals surface area contributed by atoms with E-state index in [-0.39, 0.29) is 22.9 Å². The minimum atomic E-state index is -5.08. The van der Waals surface area contributed by atoms with Crippen LogP contribution >= 0.6 is 0 Å². The Kier molecular flexibility index (Phi) is 8.01. The maximum absolute atomic E-state index is 13.6. The van der Waals surface area contributed by atoms with Crippen molar-refractivity contribution in [2.75, 3.05) is 23.7 Å². The summed E-state index contributed by atoms with van der Waals surface area (Å²) in [6.07, 6.45) is -4.28. The van der Waals surface area contributed by atoms with Gasteiger partial charge in [-0.2, -0.15) is 23.4 Å². The molecule has 0 bridgehead atoms. The summed E-state index contributed by atoms with van der Waals surface area (Å²) in [7, 11) is 1.48. The van der Waals surface area contributed by atoms with Crippen LogP contribution in [-0.4, -0.2) is 72.8 Å². The number of carbonyl (C=O) groups is 2. The van der Waals surface area contributed by atoms with Gasteiger partial charge in [-0.3, -0.25) is 9.48 Å². The molecule has 1 saturated heterocycles. The second-order valence-corrected chi connectivity index (χ2v) is 7.63. The number of aryl methyl sites for hydroxylation is 1. The Morgan fingerprint density at radius 2 is 1.97 bits per heavy atom. The lowest BCUT2D eigenvalue weighted by atomic mass is 10.1. The zero-order chi connectivity index (χ0) is 26.6. The maximum Gasteiger partial charge on any atom is 0.490 e. The van der Waals surface area contributed by atoms with Crippen LogP contribution in [-0.2, 0) is 11.8 Å². The third-order valence-electron chi connectivity index (χ3n) is 4.82. The summed E-state index contributed by atoms with van der Waals surface area (Å²) in [4.78, 5) is 25.9. The number of hydrogen-bond donors (Lipinski definition) is 4. The number of amides is 1. The number of halogens is 6. The van der Waals surface area contributed by atoms with Gasteiger partial charge in [0.2, 0.25) is 0 Å². The molecule has 4 heterocycles. The lowest BCUT2D eigenvalue weighted by Crippen LogP contribution is -2.44. The average molecular weight is 522 g/mol. The van der Waals surface area contributed by atoms with Crippen molar-refractivity contribution < 1.29 is 41.0 Å². The number of nitrogens with zero attached hydrogens (tertiary/aromatic N) is 5. The first-order valence-corrected chi connectivity index (χ1v) is 10.2. The van der Waals surface area contributed by atoms with Crippen LogP contribution in [0.2, 0.25) is 0 Å². The van der Waals surface area contributed by atoms with Crippen LogP contribution < -0.4 is 16.0 Å². The summed E-state index contributed by atoms with van der Waals surface area (Å²) >= 11 is 0. The molecule has 3 aromatic heterocycles. The Morgan fingerprint density at radius 3 is 2.58 bits per heavy atom. The third kappa shape index (κ3) is 6.61. The van der Waals surface area contributed by atoms with E-state index >= 15 is 0 Å². The Labute approximate surface area is 198 Å². The van der Waals surface area contributed by atoms with Crippen LogP contribution in [0.25, 0.3) is 5.65 Å². The van der Waals surface area contributed by atoms with Gasteiger partial charge >= 0.3 is 12.1 Å². The number of nitrogens with one attached hydrogen (secondary N) is 3. The Hall–Kier alpha value is -3.89. The molecule has 36 heavy (non-hydrogen) atoms. The van der Waals surface area contributed by atoms with Gasteiger partial charge in [-0.05, 0) is 6.07 Å². The van der Waals surface area contributed by atoms with E-state index in [2.05, 4.69) is 31.1 Å². The highest BCUT2D eigenvalue weighted by Crippen LogP contribution is 2.26. The molecule has 0 aromatic carbocycles. The molecular formula is C19H20F6N8O3. The molecule has 2 atom stereocenters. The number of aliphatic carboxylic acids is 1. The SMILES string of the molecule is Cn1cc(NC(=O)c2cnn3ccc(N[C@H]4CNC[C@H](F)C4)nc23)c(C(F)F)n1.O=C(O)C(F)(F)F. The van der Waals surface area contributed by atoms with E-state index in [0.29, 0.717) is 25.3 Å². The molecular weight excluding hydrogens is 502 g/mol. The van der Waals surface area contributed by atoms with Crippen molar-refractivity contribution in [1.82, 2.24) is 29.7 Å². The number of rotatable bonds is 5. The fourth-order valence-corrected chi connectivity index (χ4v) is 3.27. The van der Waals surface area contributed by atoms with Gasteiger partial charge in [0.25, 0.3) is 12.3 Å². The smallest absolute Gasteiger partial charge is 0.475 e. The molecule has 17 heteroatoms. The maximum atomic E-state index is 13.6. The number of hydrogen-bond acceptors (Lipinski definition) is 7. The second-order valence-electron chi connectivity index (χ2n) is 7.63. The third-order valence-corrected chi connectivity index (χ3v) is 4.82. The summed E-state index contributed by atoms with van der Waals surface area (Å²) in [6, 6.07) is 1.53. The van der Waals surface area contributed by atoms with Gasteiger partial charge in [0.15, 0.2) is 11.3 Å². The number of carboxylic acid groups (broad SMARTS) is 1. The number of piperidine rings is 1. The summed E-state index contributed by atoms with van der Waals surface area (Å²) < 4.78 is 74.1. The van der Waals surface area contributed by atoms with E-state index in [1.165, 1.54) is 28.6 Å². The molecule has 3 aromatic rings. The van der Waals surface area contributed by atoms with Crippen molar-refractivity contribution in [2.24, 2.45) is 7.05 Å². The minimum Gasteiger partial charge on any atom is -0.475 e. The van der Waals surface area contributed by atoms with Crippen LogP contribution in [0.15, 0.2) is 24.7 Å². The molecule has 0 unspecified atom stereocenters. The lowest BCUT2D eigenvalue weighted by molar-refractivity contribution is -0.192. The highest BCUT2D eigenvalue weighted by atomic mass is 19.4. The molecule has 1 aliphatic rings. The van der Waals surface area contributed by atoms with E-state index < -0.39 is 36.3 Å². The highest BCUT2D eigenvalue weighted by molar-refractivity contribution is 6.08. The standard InChI is InChI=1S/C17H19F3N8O.C2HF3O2/c1-27-8-12(14(26-27)15(19)20)24-17(29)11-7-22-28-3-2-13(25-16(11)28)23-10-4-9(18)5-21-6-10;3-2(4,5)1(6)7/h2-3,7-10,15,21H,4-6H2,1H3,(H,23,25)(H,24,29);(H,6,7)/t9-,10-;/m1./s1. The molecule has 196 valence electrons. The molecule has 0 radical (unpaired) electrons. The monoisotopic (exact) mass is 522 g/mol. The van der Waals surface area contributed by atoms with Crippen molar-refractivity contribution in [3.05, 3.63) is 35.9 Å². The van der Waals surface area contributed by atoms with Gasteiger partial charge in [-0.25, -0.2) is 27.5 Å². The number of anilines is 2. The summed E-state index contributed by atoms with van der Waals surface area (Å²) in [5.41, 5.74) is -0.236. The van der Waals surface area contributed by atoms with E-state index in [0.717, 1.165) is 0 Å². The van der Waals surface area contributed by atoms with Crippen LogP contribution in [0.3, 0.4) is 0 Å². The van der Waals surface area contributed by atoms with Crippen LogP contribution in [0.5, 0.6) is 0 Å². The first-order chi connectivity index (χ1) is 16.8. The van der Waals surface area contributed by atoms with Crippen LogP contribution in [0, 0.1) is 0 Å². The highest BCUT2D eigenvalue weighted by Gasteiger charge is 2.38. The first kappa shape index (κ1) is 26.7. The van der Waals surface area contributed by atoms with Crippen molar-refractivity contribution >= 4 is 29.0 Å². The Bertz CT molecular complexity index is 1230. The fraction of sp³-hybridized carbons (Fsp3) is 0.421. The normalized spacial score (nSPS) is 18.0. The summed E-state index contributed by atoms with van der Waals surface area (Å²) in [5, 5.41) is 23.4. The molecule has 4 rings (SSSR count). The van der Waals surface area contributed by atoms with Crippen molar-refractivity contribution in [3.63, 3.8) is 0 Å². The molecule has 1 fully saturated rings. The molecule has 0 aliphatic carbocycles. The van der Waals surface area contributed by atoms with E-state index in [9.17, 15) is 31.1 Å². The zero-order valence-corrected chi connectivity index (χ0v) is 18.4. The van der Waals surface area contributed by atoms with E-state index in [1.807, 2.05) is 0 Å². The minimum absolute atomic E-state index is 0.0802. The van der Waals surface area contributed by atoms with Gasteiger partial charge in [0.1, 0.15) is 17.6 Å². The van der Waals surface area contributed by atoms with Gasteiger partial charge in [0, 0.05) is 45.0 Å². The van der Waals surface area contributed by atoms with Crippen molar-refractivity contribution in [2.45, 2.75) is 31.2 Å². The average Bonchev–Trinajstić information content (AvgIpc) is 3.36. The summed E-state index contributed by atoms with van der Waals surface area (Å²) in [5.74, 6) is -2.93. The molecule has 11 nitrogen and oxygen atoms in total. The van der Waals surface area contributed by atoms with E-state index in [4.69, 9.17) is 9.90 Å². The van der Waals surface area contributed by atoms with Gasteiger partial charge in [0.05, 0.1) is 11.9 Å². The quantitative estimate of drug-likeness (QED) is 0.375. The van der Waals surface area contributed by atoms with Crippen LogP contribution in [0.1, 0.15) is 28.9 Å². The van der Waals surface area contributed by atoms with Gasteiger partial charge in [-0.1, -0.05) is 0 Å². The number of fused-ring (bicyclic) bond motifs is 1. The second kappa shape index (κ2) is 10.8. The predicted molar refractivity (Wildman–Crippen MR) is 113 cm³/mol. The fourth-order valence-electron chi connectivity index (χ4n) is 3.27. The molecule has 1 aliphatic heterocycles. The molecule has 1 amide bonds. The van der Waals surface area contributed by atoms with E-state index in [1.54, 1.807) is 12.3 Å². The number of aromatic nitrogens is 5. The number of carboxylic acids is 1. The molecule has 4 N–H and O–H groups in total. The van der Waals surface area contributed by atoms with Gasteiger partial charge < -0.3 is 21.1 Å². The van der Waals surface area contributed by atoms with Crippen molar-refractivity contribution in [1.29, 1.82) is 0 Å². The number of alkyl halides is 6. The Balaban J connectivity index is 0.000000454. The predicted octanol–water partition coefficient (Wildman–Crippen LogP) is 2.40. The summed E-state index contributed by atoms with van der Waals surface area (Å²) in [6.45, 7) is 0.920. The Morgan fingerprint density at radius 1 is 1.28 bits per heavy atom. The lowest BCUT2D eigenvalue weighted by Gasteiger charge is -2.26. The number of carbonyl (C=O) groups excluding carboxylic acids is 1. The largest absolute Gasteiger partial charge is 0.490 e. The van der Waals surface area contributed by atoms with Gasteiger partial charge in [-0.15, -0.1) is 0 Å².